The zero-order valence-electron chi connectivity index (χ0n) is 18.3. The molecule has 0 saturated carbocycles. The molecule has 1 aliphatic rings. The van der Waals surface area contributed by atoms with Gasteiger partial charge in [-0.2, -0.15) is 0 Å². The summed E-state index contributed by atoms with van der Waals surface area (Å²) in [6, 6.07) is 9.19. The highest BCUT2D eigenvalue weighted by atomic mass is 19.1. The van der Waals surface area contributed by atoms with Crippen LogP contribution in [-0.2, 0) is 6.54 Å². The number of aliphatic imine (C=N–C) groups is 1. The van der Waals surface area contributed by atoms with E-state index >= 15 is 0 Å². The summed E-state index contributed by atoms with van der Waals surface area (Å²) < 4.78 is 19.0. The van der Waals surface area contributed by atoms with Gasteiger partial charge in [-0.05, 0) is 50.8 Å². The summed E-state index contributed by atoms with van der Waals surface area (Å²) in [4.78, 5) is 6.92. The molecule has 1 fully saturated rings. The van der Waals surface area contributed by atoms with E-state index in [4.69, 9.17) is 4.52 Å². The minimum absolute atomic E-state index is 0.186. The predicted molar refractivity (Wildman–Crippen MR) is 119 cm³/mol. The monoisotopic (exact) mass is 415 g/mol. The van der Waals surface area contributed by atoms with Crippen molar-refractivity contribution in [2.45, 2.75) is 65.0 Å². The Labute approximate surface area is 178 Å². The van der Waals surface area contributed by atoms with Crippen LogP contribution in [-0.4, -0.2) is 36.8 Å². The molecule has 0 atom stereocenters. The van der Waals surface area contributed by atoms with Crippen LogP contribution < -0.4 is 15.5 Å². The highest BCUT2D eigenvalue weighted by molar-refractivity contribution is 5.80. The molecule has 0 unspecified atom stereocenters. The molecular weight excluding hydrogens is 381 g/mol. The van der Waals surface area contributed by atoms with E-state index in [0.717, 1.165) is 68.4 Å². The second-order valence-corrected chi connectivity index (χ2v) is 7.81. The van der Waals surface area contributed by atoms with Crippen molar-refractivity contribution in [3.63, 3.8) is 0 Å². The Bertz CT molecular complexity index is 809. The van der Waals surface area contributed by atoms with E-state index in [9.17, 15) is 4.39 Å². The first-order valence-electron chi connectivity index (χ1n) is 11.1. The molecule has 164 valence electrons. The van der Waals surface area contributed by atoms with Gasteiger partial charge in [-0.3, -0.25) is 0 Å². The van der Waals surface area contributed by atoms with Crippen LogP contribution in [0.2, 0.25) is 0 Å². The van der Waals surface area contributed by atoms with Crippen molar-refractivity contribution < 1.29 is 8.91 Å². The molecule has 1 saturated heterocycles. The van der Waals surface area contributed by atoms with Crippen LogP contribution >= 0.6 is 0 Å². The molecule has 3 rings (SSSR count). The standard InChI is InChI=1S/C23H34FN5O/c1-4-17(5-2)22-15-21(30-28-22)16-26-23(25-6-3)27-19-10-12-29(13-11-19)20-9-7-8-18(24)14-20/h7-9,14-15,17,19H,4-6,10-13,16H2,1-3H3,(H2,25,26,27). The third-order valence-electron chi connectivity index (χ3n) is 5.73. The number of nitrogens with zero attached hydrogens (tertiary/aromatic N) is 3. The van der Waals surface area contributed by atoms with Crippen LogP contribution in [0.15, 0.2) is 39.8 Å². The quantitative estimate of drug-likeness (QED) is 0.493. The number of hydrogen-bond acceptors (Lipinski definition) is 4. The molecule has 1 aliphatic heterocycles. The van der Waals surface area contributed by atoms with Crippen LogP contribution in [0.3, 0.4) is 0 Å². The topological polar surface area (TPSA) is 65.7 Å². The molecule has 0 bridgehead atoms. The van der Waals surface area contributed by atoms with E-state index in [1.807, 2.05) is 12.1 Å². The van der Waals surface area contributed by atoms with Gasteiger partial charge in [-0.1, -0.05) is 25.1 Å². The third kappa shape index (κ3) is 5.97. The SMILES string of the molecule is CCNC(=NCc1cc(C(CC)CC)no1)NC1CCN(c2cccc(F)c2)CC1. The molecule has 6 nitrogen and oxygen atoms in total. The average molecular weight is 416 g/mol. The van der Waals surface area contributed by atoms with Crippen molar-refractivity contribution in [1.82, 2.24) is 15.8 Å². The van der Waals surface area contributed by atoms with Crippen LogP contribution in [0.25, 0.3) is 0 Å². The number of rotatable bonds is 8. The maximum absolute atomic E-state index is 13.5. The first kappa shape index (κ1) is 22.1. The number of halogens is 1. The van der Waals surface area contributed by atoms with E-state index < -0.39 is 0 Å². The fourth-order valence-electron chi connectivity index (χ4n) is 3.93. The second-order valence-electron chi connectivity index (χ2n) is 7.81. The summed E-state index contributed by atoms with van der Waals surface area (Å²) in [7, 11) is 0. The van der Waals surface area contributed by atoms with E-state index in [2.05, 4.69) is 46.5 Å². The van der Waals surface area contributed by atoms with Gasteiger partial charge in [-0.25, -0.2) is 9.38 Å². The van der Waals surface area contributed by atoms with E-state index in [1.54, 1.807) is 12.1 Å². The van der Waals surface area contributed by atoms with Crippen LogP contribution in [0.4, 0.5) is 10.1 Å². The van der Waals surface area contributed by atoms with Gasteiger partial charge in [0.2, 0.25) is 0 Å². The Hall–Kier alpha value is -2.57. The van der Waals surface area contributed by atoms with E-state index in [1.165, 1.54) is 6.07 Å². The largest absolute Gasteiger partial charge is 0.371 e. The molecule has 1 aromatic carbocycles. The number of guanidine groups is 1. The molecule has 2 aromatic rings. The highest BCUT2D eigenvalue weighted by Gasteiger charge is 2.20. The normalized spacial score (nSPS) is 15.6. The molecular formula is C23H34FN5O. The van der Waals surface area contributed by atoms with Crippen LogP contribution in [0.5, 0.6) is 0 Å². The lowest BCUT2D eigenvalue weighted by Gasteiger charge is -2.34. The fraction of sp³-hybridized carbons (Fsp3) is 0.565. The zero-order chi connectivity index (χ0) is 21.3. The Morgan fingerprint density at radius 3 is 2.67 bits per heavy atom. The molecule has 0 amide bonds. The van der Waals surface area contributed by atoms with E-state index in [-0.39, 0.29) is 5.82 Å². The number of piperidine rings is 1. The molecule has 30 heavy (non-hydrogen) atoms. The summed E-state index contributed by atoms with van der Waals surface area (Å²) in [5, 5.41) is 11.1. The number of anilines is 1. The molecule has 0 aliphatic carbocycles. The Morgan fingerprint density at radius 1 is 1.23 bits per heavy atom. The van der Waals surface area contributed by atoms with Crippen molar-refractivity contribution in [2.24, 2.45) is 4.99 Å². The van der Waals surface area contributed by atoms with Crippen molar-refractivity contribution in [2.75, 3.05) is 24.5 Å². The summed E-state index contributed by atoms with van der Waals surface area (Å²) in [5.74, 6) is 1.84. The van der Waals surface area contributed by atoms with Gasteiger partial charge in [-0.15, -0.1) is 0 Å². The summed E-state index contributed by atoms with van der Waals surface area (Å²) >= 11 is 0. The number of aromatic nitrogens is 1. The van der Waals surface area contributed by atoms with Gasteiger partial charge in [0.1, 0.15) is 12.4 Å². The third-order valence-corrected chi connectivity index (χ3v) is 5.73. The number of benzene rings is 1. The first-order valence-corrected chi connectivity index (χ1v) is 11.1. The fourth-order valence-corrected chi connectivity index (χ4v) is 3.93. The number of nitrogens with one attached hydrogen (secondary N) is 2. The molecule has 2 heterocycles. The van der Waals surface area contributed by atoms with Gasteiger partial charge < -0.3 is 20.1 Å². The summed E-state index contributed by atoms with van der Waals surface area (Å²) in [6.45, 7) is 9.45. The van der Waals surface area contributed by atoms with Crippen molar-refractivity contribution in [3.8, 4) is 0 Å². The van der Waals surface area contributed by atoms with E-state index in [0.29, 0.717) is 18.5 Å². The van der Waals surface area contributed by atoms with Crippen LogP contribution in [0, 0.1) is 5.82 Å². The Kier molecular flexibility index (Phi) is 8.11. The van der Waals surface area contributed by atoms with Crippen molar-refractivity contribution in [3.05, 3.63) is 47.6 Å². The van der Waals surface area contributed by atoms with Gasteiger partial charge in [0, 0.05) is 43.3 Å². The smallest absolute Gasteiger partial charge is 0.191 e. The van der Waals surface area contributed by atoms with Gasteiger partial charge in [0.15, 0.2) is 11.7 Å². The Balaban J connectivity index is 1.54. The molecule has 0 radical (unpaired) electrons. The predicted octanol–water partition coefficient (Wildman–Crippen LogP) is 4.44. The van der Waals surface area contributed by atoms with Crippen molar-refractivity contribution >= 4 is 11.6 Å². The minimum atomic E-state index is -0.186. The lowest BCUT2D eigenvalue weighted by atomic mass is 9.99. The maximum atomic E-state index is 13.5. The average Bonchev–Trinajstić information content (AvgIpc) is 3.22. The molecule has 0 spiro atoms. The second kappa shape index (κ2) is 11.0. The lowest BCUT2D eigenvalue weighted by Crippen LogP contribution is -2.48. The highest BCUT2D eigenvalue weighted by Crippen LogP contribution is 2.23. The van der Waals surface area contributed by atoms with Gasteiger partial charge in [0.25, 0.3) is 0 Å². The Morgan fingerprint density at radius 2 is 2.00 bits per heavy atom. The summed E-state index contributed by atoms with van der Waals surface area (Å²) in [5.41, 5.74) is 1.97. The van der Waals surface area contributed by atoms with Gasteiger partial charge >= 0.3 is 0 Å². The lowest BCUT2D eigenvalue weighted by molar-refractivity contribution is 0.372. The molecule has 2 N–H and O–H groups in total. The molecule has 1 aromatic heterocycles. The minimum Gasteiger partial charge on any atom is -0.371 e. The molecule has 7 heteroatoms. The zero-order valence-corrected chi connectivity index (χ0v) is 18.3. The van der Waals surface area contributed by atoms with Gasteiger partial charge in [0.05, 0.1) is 5.69 Å². The van der Waals surface area contributed by atoms with Crippen molar-refractivity contribution in [1.29, 1.82) is 0 Å². The number of hydrogen-bond donors (Lipinski definition) is 2. The maximum Gasteiger partial charge on any atom is 0.191 e. The summed E-state index contributed by atoms with van der Waals surface area (Å²) in [6.07, 6.45) is 4.07. The first-order chi connectivity index (χ1) is 14.6. The van der Waals surface area contributed by atoms with Crippen LogP contribution in [0.1, 0.15) is 63.8 Å².